The second-order valence-corrected chi connectivity index (χ2v) is 4.25. The summed E-state index contributed by atoms with van der Waals surface area (Å²) in [5.41, 5.74) is 1.07. The molecule has 0 saturated carbocycles. The lowest BCUT2D eigenvalue weighted by Crippen LogP contribution is -1.95. The van der Waals surface area contributed by atoms with E-state index >= 15 is 0 Å². The zero-order valence-electron chi connectivity index (χ0n) is 8.45. The highest BCUT2D eigenvalue weighted by atomic mass is 79.9. The summed E-state index contributed by atoms with van der Waals surface area (Å²) in [5.74, 6) is -0.380. The Kier molecular flexibility index (Phi) is 2.87. The average Bonchev–Trinajstić information content (AvgIpc) is 2.63. The van der Waals surface area contributed by atoms with E-state index in [1.807, 2.05) is 0 Å². The number of benzene rings is 1. The molecule has 0 unspecified atom stereocenters. The van der Waals surface area contributed by atoms with E-state index in [1.165, 1.54) is 12.4 Å². The molecule has 1 aromatic carbocycles. The summed E-state index contributed by atoms with van der Waals surface area (Å²) in [5, 5.41) is 0. The Balaban J connectivity index is 2.70. The number of carbonyl (C=O) groups excluding carboxylic acids is 1. The second kappa shape index (κ2) is 4.17. The molecule has 0 amide bonds. The van der Waals surface area contributed by atoms with Crippen LogP contribution in [-0.2, 0) is 7.05 Å². The SMILES string of the molecule is Cn1cnc(C=O)c1-c1cc(Br)ccc1F. The van der Waals surface area contributed by atoms with E-state index in [0.29, 0.717) is 17.5 Å². The predicted octanol–water partition coefficient (Wildman–Crippen LogP) is 2.80. The van der Waals surface area contributed by atoms with E-state index in [1.54, 1.807) is 23.7 Å². The lowest BCUT2D eigenvalue weighted by molar-refractivity contribution is 0.112. The van der Waals surface area contributed by atoms with Crippen LogP contribution >= 0.6 is 15.9 Å². The van der Waals surface area contributed by atoms with Gasteiger partial charge in [0, 0.05) is 17.1 Å². The van der Waals surface area contributed by atoms with Gasteiger partial charge >= 0.3 is 0 Å². The molecule has 5 heteroatoms. The summed E-state index contributed by atoms with van der Waals surface area (Å²) in [7, 11) is 1.72. The summed E-state index contributed by atoms with van der Waals surface area (Å²) >= 11 is 3.27. The fourth-order valence-electron chi connectivity index (χ4n) is 1.54. The molecule has 0 fully saturated rings. The molecule has 0 saturated heterocycles. The van der Waals surface area contributed by atoms with Crippen molar-refractivity contribution >= 4 is 22.2 Å². The molecule has 0 aliphatic carbocycles. The van der Waals surface area contributed by atoms with E-state index in [-0.39, 0.29) is 11.5 Å². The summed E-state index contributed by atoms with van der Waals surface area (Å²) in [4.78, 5) is 14.7. The molecule has 0 bridgehead atoms. The Hall–Kier alpha value is -1.49. The van der Waals surface area contributed by atoms with Crippen LogP contribution in [0, 0.1) is 5.82 Å². The molecule has 1 heterocycles. The largest absolute Gasteiger partial charge is 0.333 e. The third-order valence-corrected chi connectivity index (χ3v) is 2.75. The van der Waals surface area contributed by atoms with Crippen LogP contribution in [-0.4, -0.2) is 15.8 Å². The molecule has 0 atom stereocenters. The first-order valence-corrected chi connectivity index (χ1v) is 5.34. The van der Waals surface area contributed by atoms with Crippen LogP contribution in [0.15, 0.2) is 29.0 Å². The van der Waals surface area contributed by atoms with E-state index in [9.17, 15) is 9.18 Å². The lowest BCUT2D eigenvalue weighted by atomic mass is 10.1. The van der Waals surface area contributed by atoms with E-state index in [4.69, 9.17) is 0 Å². The molecular formula is C11H8BrFN2O. The van der Waals surface area contributed by atoms with Gasteiger partial charge in [-0.25, -0.2) is 9.37 Å². The van der Waals surface area contributed by atoms with Gasteiger partial charge in [0.1, 0.15) is 11.5 Å². The molecule has 2 rings (SSSR count). The number of halogens is 2. The molecule has 1 aromatic heterocycles. The molecule has 0 spiro atoms. The lowest BCUT2D eigenvalue weighted by Gasteiger charge is -2.05. The number of aldehydes is 1. The van der Waals surface area contributed by atoms with Gasteiger partial charge in [-0.1, -0.05) is 15.9 Å². The van der Waals surface area contributed by atoms with Gasteiger partial charge in [-0.3, -0.25) is 4.79 Å². The van der Waals surface area contributed by atoms with E-state index < -0.39 is 0 Å². The van der Waals surface area contributed by atoms with Crippen molar-refractivity contribution in [1.82, 2.24) is 9.55 Å². The van der Waals surface area contributed by atoms with Crippen LogP contribution in [0.4, 0.5) is 4.39 Å². The van der Waals surface area contributed by atoms with Gasteiger partial charge in [0.2, 0.25) is 0 Å². The summed E-state index contributed by atoms with van der Waals surface area (Å²) in [6.45, 7) is 0. The quantitative estimate of drug-likeness (QED) is 0.794. The normalized spacial score (nSPS) is 10.4. The Morgan fingerprint density at radius 3 is 2.94 bits per heavy atom. The number of imidazole rings is 1. The van der Waals surface area contributed by atoms with Crippen LogP contribution in [0.2, 0.25) is 0 Å². The van der Waals surface area contributed by atoms with Gasteiger partial charge in [-0.15, -0.1) is 0 Å². The van der Waals surface area contributed by atoms with Crippen LogP contribution in [0.5, 0.6) is 0 Å². The number of nitrogens with zero attached hydrogens (tertiary/aromatic N) is 2. The van der Waals surface area contributed by atoms with Gasteiger partial charge in [-0.2, -0.15) is 0 Å². The first kappa shape index (κ1) is 11.0. The topological polar surface area (TPSA) is 34.9 Å². The molecule has 2 aromatic rings. The minimum absolute atomic E-state index is 0.236. The highest BCUT2D eigenvalue weighted by Crippen LogP contribution is 2.27. The second-order valence-electron chi connectivity index (χ2n) is 3.33. The maximum absolute atomic E-state index is 13.7. The third-order valence-electron chi connectivity index (χ3n) is 2.26. The van der Waals surface area contributed by atoms with Crippen molar-refractivity contribution in [3.63, 3.8) is 0 Å². The molecule has 0 radical (unpaired) electrons. The minimum atomic E-state index is -0.380. The molecule has 0 N–H and O–H groups in total. The smallest absolute Gasteiger partial charge is 0.170 e. The highest BCUT2D eigenvalue weighted by Gasteiger charge is 2.14. The van der Waals surface area contributed by atoms with Gasteiger partial charge < -0.3 is 4.57 Å². The fourth-order valence-corrected chi connectivity index (χ4v) is 1.90. The Bertz CT molecular complexity index is 551. The van der Waals surface area contributed by atoms with E-state index in [2.05, 4.69) is 20.9 Å². The Morgan fingerprint density at radius 2 is 2.25 bits per heavy atom. The van der Waals surface area contributed by atoms with Crippen LogP contribution < -0.4 is 0 Å². The zero-order valence-corrected chi connectivity index (χ0v) is 10.0. The fraction of sp³-hybridized carbons (Fsp3) is 0.0909. The van der Waals surface area contributed by atoms with Gasteiger partial charge in [0.25, 0.3) is 0 Å². The Morgan fingerprint density at radius 1 is 1.50 bits per heavy atom. The van der Waals surface area contributed by atoms with Gasteiger partial charge in [0.15, 0.2) is 6.29 Å². The summed E-state index contributed by atoms with van der Waals surface area (Å²) < 4.78 is 16.0. The number of hydrogen-bond acceptors (Lipinski definition) is 2. The first-order chi connectivity index (χ1) is 7.63. The number of carbonyl (C=O) groups is 1. The van der Waals surface area contributed by atoms with Crippen LogP contribution in [0.3, 0.4) is 0 Å². The number of rotatable bonds is 2. The Labute approximate surface area is 100 Å². The van der Waals surface area contributed by atoms with Crippen molar-refractivity contribution in [3.8, 4) is 11.3 Å². The zero-order chi connectivity index (χ0) is 11.7. The number of aryl methyl sites for hydroxylation is 1. The average molecular weight is 283 g/mol. The van der Waals surface area contributed by atoms with E-state index in [0.717, 1.165) is 4.47 Å². The number of aromatic nitrogens is 2. The first-order valence-electron chi connectivity index (χ1n) is 4.55. The molecule has 16 heavy (non-hydrogen) atoms. The van der Waals surface area contributed by atoms with Crippen molar-refractivity contribution in [2.45, 2.75) is 0 Å². The van der Waals surface area contributed by atoms with Gasteiger partial charge in [0.05, 0.1) is 12.0 Å². The monoisotopic (exact) mass is 282 g/mol. The highest BCUT2D eigenvalue weighted by molar-refractivity contribution is 9.10. The minimum Gasteiger partial charge on any atom is -0.333 e. The molecule has 3 nitrogen and oxygen atoms in total. The van der Waals surface area contributed by atoms with Crippen molar-refractivity contribution in [2.24, 2.45) is 7.05 Å². The van der Waals surface area contributed by atoms with Crippen molar-refractivity contribution in [1.29, 1.82) is 0 Å². The van der Waals surface area contributed by atoms with Crippen molar-refractivity contribution in [3.05, 3.63) is 40.5 Å². The number of hydrogen-bond donors (Lipinski definition) is 0. The molecule has 82 valence electrons. The van der Waals surface area contributed by atoms with Crippen LogP contribution in [0.25, 0.3) is 11.3 Å². The molecule has 0 aliphatic heterocycles. The molecule has 0 aliphatic rings. The van der Waals surface area contributed by atoms with Crippen molar-refractivity contribution < 1.29 is 9.18 Å². The third kappa shape index (κ3) is 1.78. The van der Waals surface area contributed by atoms with Gasteiger partial charge in [-0.05, 0) is 18.2 Å². The van der Waals surface area contributed by atoms with Crippen molar-refractivity contribution in [2.75, 3.05) is 0 Å². The predicted molar refractivity (Wildman–Crippen MR) is 61.7 cm³/mol. The standard InChI is InChI=1S/C11H8BrFN2O/c1-15-6-14-10(5-16)11(15)8-4-7(12)2-3-9(8)13/h2-6H,1H3. The summed E-state index contributed by atoms with van der Waals surface area (Å²) in [6.07, 6.45) is 2.11. The molecular weight excluding hydrogens is 275 g/mol. The maximum Gasteiger partial charge on any atom is 0.170 e. The van der Waals surface area contributed by atoms with Crippen LogP contribution in [0.1, 0.15) is 10.5 Å². The summed E-state index contributed by atoms with van der Waals surface area (Å²) in [6, 6.07) is 4.58. The maximum atomic E-state index is 13.7.